The maximum atomic E-state index is 12.5. The molecule has 1 aliphatic heterocycles. The molecule has 1 saturated heterocycles. The van der Waals surface area contributed by atoms with Gasteiger partial charge in [0.05, 0.1) is 5.92 Å². The van der Waals surface area contributed by atoms with E-state index in [9.17, 15) is 14.4 Å². The van der Waals surface area contributed by atoms with Crippen molar-refractivity contribution in [1.29, 1.82) is 0 Å². The van der Waals surface area contributed by atoms with E-state index in [1.807, 2.05) is 31.2 Å². The molecule has 6 heteroatoms. The van der Waals surface area contributed by atoms with Crippen LogP contribution in [0.15, 0.2) is 48.5 Å². The SMILES string of the molecule is CCc1ccccc1N1CC(C(=O)Nc2ccc(C(N)=O)cc2)CC1=O. The Morgan fingerprint density at radius 1 is 1.15 bits per heavy atom. The first-order valence-electron chi connectivity index (χ1n) is 8.58. The molecule has 3 N–H and O–H groups in total. The van der Waals surface area contributed by atoms with Crippen molar-refractivity contribution in [2.24, 2.45) is 11.7 Å². The molecule has 0 spiro atoms. The van der Waals surface area contributed by atoms with E-state index in [2.05, 4.69) is 5.32 Å². The van der Waals surface area contributed by atoms with E-state index in [1.54, 1.807) is 29.2 Å². The van der Waals surface area contributed by atoms with Gasteiger partial charge in [-0.05, 0) is 42.3 Å². The van der Waals surface area contributed by atoms with Crippen molar-refractivity contribution in [2.45, 2.75) is 19.8 Å². The summed E-state index contributed by atoms with van der Waals surface area (Å²) in [5.74, 6) is -1.19. The normalized spacial score (nSPS) is 16.6. The Morgan fingerprint density at radius 3 is 2.50 bits per heavy atom. The molecule has 1 heterocycles. The lowest BCUT2D eigenvalue weighted by atomic mass is 10.1. The van der Waals surface area contributed by atoms with E-state index < -0.39 is 11.8 Å². The van der Waals surface area contributed by atoms with Crippen LogP contribution in [0.3, 0.4) is 0 Å². The van der Waals surface area contributed by atoms with Crippen molar-refractivity contribution in [1.82, 2.24) is 0 Å². The average molecular weight is 351 g/mol. The van der Waals surface area contributed by atoms with Crippen LogP contribution in [0.25, 0.3) is 0 Å². The van der Waals surface area contributed by atoms with Gasteiger partial charge in [-0.2, -0.15) is 0 Å². The molecule has 0 aliphatic carbocycles. The van der Waals surface area contributed by atoms with Crippen LogP contribution in [0.5, 0.6) is 0 Å². The smallest absolute Gasteiger partial charge is 0.248 e. The van der Waals surface area contributed by atoms with Gasteiger partial charge in [0.2, 0.25) is 17.7 Å². The number of rotatable bonds is 5. The summed E-state index contributed by atoms with van der Waals surface area (Å²) in [5, 5.41) is 2.80. The van der Waals surface area contributed by atoms with Crippen molar-refractivity contribution < 1.29 is 14.4 Å². The number of nitrogens with one attached hydrogen (secondary N) is 1. The third kappa shape index (κ3) is 3.59. The number of hydrogen-bond acceptors (Lipinski definition) is 3. The molecule has 1 atom stereocenters. The van der Waals surface area contributed by atoms with Crippen molar-refractivity contribution >= 4 is 29.1 Å². The van der Waals surface area contributed by atoms with Gasteiger partial charge in [0, 0.05) is 29.9 Å². The third-order valence-corrected chi connectivity index (χ3v) is 4.60. The van der Waals surface area contributed by atoms with E-state index in [0.29, 0.717) is 17.8 Å². The Balaban J connectivity index is 1.70. The number of nitrogens with two attached hydrogens (primary N) is 1. The van der Waals surface area contributed by atoms with Crippen LogP contribution >= 0.6 is 0 Å². The number of nitrogens with zero attached hydrogens (tertiary/aromatic N) is 1. The second-order valence-corrected chi connectivity index (χ2v) is 6.32. The quantitative estimate of drug-likeness (QED) is 0.866. The van der Waals surface area contributed by atoms with E-state index in [4.69, 9.17) is 5.73 Å². The Bertz CT molecular complexity index is 846. The summed E-state index contributed by atoms with van der Waals surface area (Å²) in [5.41, 5.74) is 8.11. The van der Waals surface area contributed by atoms with Crippen molar-refractivity contribution in [3.8, 4) is 0 Å². The molecule has 2 aromatic rings. The van der Waals surface area contributed by atoms with Gasteiger partial charge in [0.25, 0.3) is 0 Å². The molecule has 0 saturated carbocycles. The van der Waals surface area contributed by atoms with E-state index in [-0.39, 0.29) is 18.2 Å². The van der Waals surface area contributed by atoms with Crippen LogP contribution in [0.1, 0.15) is 29.3 Å². The summed E-state index contributed by atoms with van der Waals surface area (Å²) < 4.78 is 0. The lowest BCUT2D eigenvalue weighted by Crippen LogP contribution is -2.28. The molecule has 1 fully saturated rings. The summed E-state index contributed by atoms with van der Waals surface area (Å²) in [7, 11) is 0. The highest BCUT2D eigenvalue weighted by Crippen LogP contribution is 2.29. The molecule has 3 amide bonds. The van der Waals surface area contributed by atoms with Gasteiger partial charge in [0.15, 0.2) is 0 Å². The fourth-order valence-corrected chi connectivity index (χ4v) is 3.15. The number of benzene rings is 2. The van der Waals surface area contributed by atoms with E-state index in [0.717, 1.165) is 17.7 Å². The fourth-order valence-electron chi connectivity index (χ4n) is 3.15. The lowest BCUT2D eigenvalue weighted by molar-refractivity contribution is -0.122. The summed E-state index contributed by atoms with van der Waals surface area (Å²) in [6, 6.07) is 14.1. The second-order valence-electron chi connectivity index (χ2n) is 6.32. The van der Waals surface area contributed by atoms with Crippen LogP contribution in [-0.2, 0) is 16.0 Å². The maximum absolute atomic E-state index is 12.5. The van der Waals surface area contributed by atoms with E-state index in [1.165, 1.54) is 0 Å². The number of carbonyl (C=O) groups is 3. The first-order chi connectivity index (χ1) is 12.5. The Labute approximate surface area is 152 Å². The number of primary amides is 1. The molecule has 1 unspecified atom stereocenters. The second kappa shape index (κ2) is 7.39. The van der Waals surface area contributed by atoms with Crippen LogP contribution in [-0.4, -0.2) is 24.3 Å². The highest BCUT2D eigenvalue weighted by atomic mass is 16.2. The van der Waals surface area contributed by atoms with Crippen LogP contribution in [0.2, 0.25) is 0 Å². The van der Waals surface area contributed by atoms with Crippen molar-refractivity contribution in [2.75, 3.05) is 16.8 Å². The first-order valence-corrected chi connectivity index (χ1v) is 8.58. The standard InChI is InChI=1S/C20H21N3O3/c1-2-13-5-3-4-6-17(13)23-12-15(11-18(23)24)20(26)22-16-9-7-14(8-10-16)19(21)25/h3-10,15H,2,11-12H2,1H3,(H2,21,25)(H,22,26). The zero-order valence-corrected chi connectivity index (χ0v) is 14.6. The van der Waals surface area contributed by atoms with Crippen molar-refractivity contribution in [3.05, 3.63) is 59.7 Å². The lowest BCUT2D eigenvalue weighted by Gasteiger charge is -2.20. The molecule has 26 heavy (non-hydrogen) atoms. The van der Waals surface area contributed by atoms with Crippen molar-refractivity contribution in [3.63, 3.8) is 0 Å². The molecule has 3 rings (SSSR count). The van der Waals surface area contributed by atoms with Gasteiger partial charge in [-0.25, -0.2) is 0 Å². The number of para-hydroxylation sites is 1. The maximum Gasteiger partial charge on any atom is 0.248 e. The number of carbonyl (C=O) groups excluding carboxylic acids is 3. The summed E-state index contributed by atoms with van der Waals surface area (Å²) in [4.78, 5) is 37.7. The minimum absolute atomic E-state index is 0.0462. The average Bonchev–Trinajstić information content (AvgIpc) is 3.04. The third-order valence-electron chi connectivity index (χ3n) is 4.60. The molecular formula is C20H21N3O3. The largest absolute Gasteiger partial charge is 0.366 e. The molecule has 6 nitrogen and oxygen atoms in total. The molecule has 0 aromatic heterocycles. The van der Waals surface area contributed by atoms with Gasteiger partial charge in [0.1, 0.15) is 0 Å². The van der Waals surface area contributed by atoms with Gasteiger partial charge in [-0.1, -0.05) is 25.1 Å². The van der Waals surface area contributed by atoms with Gasteiger partial charge in [-0.15, -0.1) is 0 Å². The van der Waals surface area contributed by atoms with Crippen LogP contribution in [0, 0.1) is 5.92 Å². The number of hydrogen-bond donors (Lipinski definition) is 2. The minimum atomic E-state index is -0.519. The Kier molecular flexibility index (Phi) is 5.02. The molecule has 134 valence electrons. The van der Waals surface area contributed by atoms with Crippen LogP contribution in [0.4, 0.5) is 11.4 Å². The molecular weight excluding hydrogens is 330 g/mol. The molecule has 1 aliphatic rings. The molecule has 0 radical (unpaired) electrons. The number of amides is 3. The van der Waals surface area contributed by atoms with Gasteiger partial charge in [-0.3, -0.25) is 14.4 Å². The topological polar surface area (TPSA) is 92.5 Å². The van der Waals surface area contributed by atoms with Gasteiger partial charge >= 0.3 is 0 Å². The number of aryl methyl sites for hydroxylation is 1. The predicted octanol–water partition coefficient (Wildman–Crippen LogP) is 2.34. The molecule has 0 bridgehead atoms. The Morgan fingerprint density at radius 2 is 1.85 bits per heavy atom. The zero-order chi connectivity index (χ0) is 18.7. The Hall–Kier alpha value is -3.15. The predicted molar refractivity (Wildman–Crippen MR) is 99.9 cm³/mol. The summed E-state index contributed by atoms with van der Waals surface area (Å²) >= 11 is 0. The monoisotopic (exact) mass is 351 g/mol. The first kappa shape index (κ1) is 17.7. The van der Waals surface area contributed by atoms with Gasteiger partial charge < -0.3 is 16.0 Å². The van der Waals surface area contributed by atoms with E-state index >= 15 is 0 Å². The fraction of sp³-hybridized carbons (Fsp3) is 0.250. The highest BCUT2D eigenvalue weighted by molar-refractivity contribution is 6.04. The summed E-state index contributed by atoms with van der Waals surface area (Å²) in [6.45, 7) is 2.40. The number of anilines is 2. The minimum Gasteiger partial charge on any atom is -0.366 e. The zero-order valence-electron chi connectivity index (χ0n) is 14.6. The van der Waals surface area contributed by atoms with Crippen LogP contribution < -0.4 is 16.0 Å². The summed E-state index contributed by atoms with van der Waals surface area (Å²) in [6.07, 6.45) is 1.01. The molecule has 2 aromatic carbocycles. The highest BCUT2D eigenvalue weighted by Gasteiger charge is 2.35.